The standard InChI is InChI=1S/C40H44BrN3O7/c1-3-5-17-32(46)50-25-31(27-14-7-6-8-15-27)42-37(47)33-34-38(48)44(21-11-12-22-45)36(40(34)24-30(41)35(33)51-40)39(49)43(20-4-2)29-19-18-26-13-9-10-16-28(26)23-29/h3-4,6-10,13-16,18-19,23,30-31,33-36,45H,1-2,5,11-12,17,20-22,24-25H2,(H,42,47)/t30?,31-,33+,34-,35+,36+,40-/m0/s1. The lowest BCUT2D eigenvalue weighted by molar-refractivity contribution is -0.145. The number of amides is 3. The summed E-state index contributed by atoms with van der Waals surface area (Å²) in [6.45, 7) is 7.83. The minimum Gasteiger partial charge on any atom is -0.463 e. The molecule has 3 aliphatic rings. The Bertz CT molecular complexity index is 1790. The van der Waals surface area contributed by atoms with Gasteiger partial charge in [-0.25, -0.2) is 0 Å². The van der Waals surface area contributed by atoms with Crippen LogP contribution in [-0.4, -0.2) is 82.6 Å². The first kappa shape index (κ1) is 36.5. The molecule has 7 atom stereocenters. The zero-order valence-electron chi connectivity index (χ0n) is 28.5. The number of ether oxygens (including phenoxy) is 2. The average Bonchev–Trinajstić information content (AvgIpc) is 3.74. The van der Waals surface area contributed by atoms with E-state index in [0.717, 1.165) is 16.3 Å². The quantitative estimate of drug-likeness (QED) is 0.0886. The van der Waals surface area contributed by atoms with E-state index in [0.29, 0.717) is 31.4 Å². The number of fused-ring (bicyclic) bond motifs is 2. The second-order valence-electron chi connectivity index (χ2n) is 13.4. The van der Waals surface area contributed by atoms with Gasteiger partial charge >= 0.3 is 5.97 Å². The first-order chi connectivity index (χ1) is 24.7. The second-order valence-corrected chi connectivity index (χ2v) is 14.6. The number of nitrogens with zero attached hydrogens (tertiary/aromatic N) is 2. The molecule has 3 aromatic rings. The molecule has 268 valence electrons. The second kappa shape index (κ2) is 15.9. The summed E-state index contributed by atoms with van der Waals surface area (Å²) < 4.78 is 12.3. The van der Waals surface area contributed by atoms with E-state index in [4.69, 9.17) is 9.47 Å². The number of anilines is 1. The number of halogens is 1. The van der Waals surface area contributed by atoms with E-state index in [1.807, 2.05) is 72.8 Å². The van der Waals surface area contributed by atoms with Gasteiger partial charge in [-0.05, 0) is 54.2 Å². The van der Waals surface area contributed by atoms with Crippen LogP contribution in [0.15, 0.2) is 98.1 Å². The third-order valence-corrected chi connectivity index (χ3v) is 11.1. The number of alkyl halides is 1. The molecule has 3 amide bonds. The molecule has 3 saturated heterocycles. The number of rotatable bonds is 16. The highest BCUT2D eigenvalue weighted by atomic mass is 79.9. The minimum absolute atomic E-state index is 0.0546. The van der Waals surface area contributed by atoms with Crippen molar-refractivity contribution in [3.8, 4) is 0 Å². The molecule has 3 aromatic carbocycles. The Labute approximate surface area is 306 Å². The predicted molar refractivity (Wildman–Crippen MR) is 198 cm³/mol. The van der Waals surface area contributed by atoms with Crippen LogP contribution >= 0.6 is 15.9 Å². The fraction of sp³-hybridized carbons (Fsp3) is 0.400. The van der Waals surface area contributed by atoms with E-state index in [1.54, 1.807) is 22.0 Å². The lowest BCUT2D eigenvalue weighted by Gasteiger charge is -2.37. The molecule has 0 aromatic heterocycles. The van der Waals surface area contributed by atoms with Gasteiger partial charge in [-0.3, -0.25) is 19.2 Å². The molecule has 51 heavy (non-hydrogen) atoms. The Morgan fingerprint density at radius 2 is 1.80 bits per heavy atom. The molecule has 0 aliphatic carbocycles. The van der Waals surface area contributed by atoms with Gasteiger partial charge in [0.25, 0.3) is 5.91 Å². The summed E-state index contributed by atoms with van der Waals surface area (Å²) in [5.74, 6) is -3.30. The fourth-order valence-corrected chi connectivity index (χ4v) is 8.87. The number of allylic oxidation sites excluding steroid dienone is 1. The number of carbonyl (C=O) groups is 4. The molecule has 6 rings (SSSR count). The number of hydrogen-bond donors (Lipinski definition) is 2. The lowest BCUT2D eigenvalue weighted by atomic mass is 9.70. The number of unbranched alkanes of at least 4 members (excludes halogenated alkanes) is 1. The number of aliphatic hydroxyl groups excluding tert-OH is 1. The van der Waals surface area contributed by atoms with Crippen molar-refractivity contribution in [3.05, 3.63) is 104 Å². The third kappa shape index (κ3) is 7.11. The Balaban J connectivity index is 1.33. The Kier molecular flexibility index (Phi) is 11.4. The van der Waals surface area contributed by atoms with Crippen LogP contribution in [0.25, 0.3) is 10.8 Å². The van der Waals surface area contributed by atoms with Gasteiger partial charge in [0, 0.05) is 36.6 Å². The van der Waals surface area contributed by atoms with E-state index in [-0.39, 0.29) is 49.4 Å². The van der Waals surface area contributed by atoms with Gasteiger partial charge in [-0.2, -0.15) is 0 Å². The van der Waals surface area contributed by atoms with Crippen molar-refractivity contribution in [2.24, 2.45) is 11.8 Å². The zero-order chi connectivity index (χ0) is 36.1. The average molecular weight is 759 g/mol. The van der Waals surface area contributed by atoms with Gasteiger partial charge in [0.1, 0.15) is 18.2 Å². The maximum atomic E-state index is 14.9. The summed E-state index contributed by atoms with van der Waals surface area (Å²) in [7, 11) is 0. The third-order valence-electron chi connectivity index (χ3n) is 10.2. The summed E-state index contributed by atoms with van der Waals surface area (Å²) >= 11 is 3.75. The highest BCUT2D eigenvalue weighted by Gasteiger charge is 2.76. The van der Waals surface area contributed by atoms with Crippen molar-refractivity contribution in [2.45, 2.75) is 60.7 Å². The monoisotopic (exact) mass is 757 g/mol. The van der Waals surface area contributed by atoms with Crippen molar-refractivity contribution >= 4 is 56.1 Å². The van der Waals surface area contributed by atoms with Crippen LogP contribution in [0.1, 0.15) is 43.7 Å². The Hall–Kier alpha value is -4.32. The number of benzene rings is 3. The van der Waals surface area contributed by atoms with Crippen molar-refractivity contribution in [1.29, 1.82) is 0 Å². The number of aliphatic hydroxyl groups is 1. The number of carbonyl (C=O) groups excluding carboxylic acids is 4. The molecule has 0 saturated carbocycles. The molecule has 2 N–H and O–H groups in total. The Morgan fingerprint density at radius 3 is 2.53 bits per heavy atom. The van der Waals surface area contributed by atoms with Gasteiger partial charge in [0.05, 0.1) is 24.0 Å². The highest BCUT2D eigenvalue weighted by molar-refractivity contribution is 9.09. The first-order valence-corrected chi connectivity index (χ1v) is 18.4. The van der Waals surface area contributed by atoms with Crippen molar-refractivity contribution < 1.29 is 33.8 Å². The Morgan fingerprint density at radius 1 is 1.06 bits per heavy atom. The number of esters is 1. The van der Waals surface area contributed by atoms with E-state index in [1.165, 1.54) is 0 Å². The van der Waals surface area contributed by atoms with Gasteiger partial charge in [-0.15, -0.1) is 13.2 Å². The number of likely N-dealkylation sites (tertiary alicyclic amines) is 1. The van der Waals surface area contributed by atoms with Crippen LogP contribution in [0.5, 0.6) is 0 Å². The number of nitrogens with one attached hydrogen (secondary N) is 1. The molecular weight excluding hydrogens is 714 g/mol. The van der Waals surface area contributed by atoms with E-state index < -0.39 is 47.5 Å². The molecule has 1 spiro atoms. The van der Waals surface area contributed by atoms with Crippen LogP contribution < -0.4 is 10.2 Å². The van der Waals surface area contributed by atoms with Crippen LogP contribution in [-0.2, 0) is 28.7 Å². The molecule has 3 heterocycles. The van der Waals surface area contributed by atoms with Crippen molar-refractivity contribution in [3.63, 3.8) is 0 Å². The molecule has 3 fully saturated rings. The summed E-state index contributed by atoms with van der Waals surface area (Å²) in [6, 6.07) is 21.2. The molecule has 10 nitrogen and oxygen atoms in total. The van der Waals surface area contributed by atoms with Crippen molar-refractivity contribution in [2.75, 3.05) is 31.2 Å². The first-order valence-electron chi connectivity index (χ1n) is 17.5. The maximum absolute atomic E-state index is 14.9. The zero-order valence-corrected chi connectivity index (χ0v) is 30.1. The summed E-state index contributed by atoms with van der Waals surface area (Å²) in [6.07, 6.45) is 4.54. The van der Waals surface area contributed by atoms with E-state index in [2.05, 4.69) is 34.4 Å². The van der Waals surface area contributed by atoms with Crippen molar-refractivity contribution in [1.82, 2.24) is 10.2 Å². The molecule has 11 heteroatoms. The highest BCUT2D eigenvalue weighted by Crippen LogP contribution is 2.60. The fourth-order valence-electron chi connectivity index (χ4n) is 7.93. The smallest absolute Gasteiger partial charge is 0.306 e. The molecule has 3 aliphatic heterocycles. The predicted octanol–water partition coefficient (Wildman–Crippen LogP) is 5.25. The lowest BCUT2D eigenvalue weighted by Crippen LogP contribution is -2.57. The molecule has 1 unspecified atom stereocenters. The normalized spacial score (nSPS) is 25.3. The topological polar surface area (TPSA) is 125 Å². The van der Waals surface area contributed by atoms with Crippen LogP contribution in [0, 0.1) is 11.8 Å². The van der Waals surface area contributed by atoms with Crippen LogP contribution in [0.4, 0.5) is 5.69 Å². The van der Waals surface area contributed by atoms with Gasteiger partial charge in [0.2, 0.25) is 11.8 Å². The van der Waals surface area contributed by atoms with Crippen LogP contribution in [0.3, 0.4) is 0 Å². The van der Waals surface area contributed by atoms with Crippen LogP contribution in [0.2, 0.25) is 0 Å². The molecule has 0 radical (unpaired) electrons. The number of hydrogen-bond acceptors (Lipinski definition) is 7. The van der Waals surface area contributed by atoms with E-state index >= 15 is 0 Å². The minimum atomic E-state index is -1.27. The molecule has 2 bridgehead atoms. The summed E-state index contributed by atoms with van der Waals surface area (Å²) in [4.78, 5) is 59.3. The largest absolute Gasteiger partial charge is 0.463 e. The van der Waals surface area contributed by atoms with Gasteiger partial charge < -0.3 is 29.7 Å². The molecular formula is C40H44BrN3O7. The van der Waals surface area contributed by atoms with E-state index in [9.17, 15) is 24.3 Å². The SMILES string of the molecule is C=CCCC(=O)OC[C@H](NC(=O)[C@H]1[C@@H]2O[C@@]3(CC2Br)[C@@H]1C(=O)N(CCCCO)[C@@H]3C(=O)N(CC=C)c1ccc2ccccc2c1)c1ccccc1. The summed E-state index contributed by atoms with van der Waals surface area (Å²) in [5, 5.41) is 14.6. The van der Waals surface area contributed by atoms with Gasteiger partial charge in [0.15, 0.2) is 0 Å². The summed E-state index contributed by atoms with van der Waals surface area (Å²) in [5.41, 5.74) is 0.124. The maximum Gasteiger partial charge on any atom is 0.306 e. The van der Waals surface area contributed by atoms with Gasteiger partial charge in [-0.1, -0.05) is 88.7 Å².